The summed E-state index contributed by atoms with van der Waals surface area (Å²) >= 11 is 0. The summed E-state index contributed by atoms with van der Waals surface area (Å²) in [6.07, 6.45) is 2.36. The Hall–Kier alpha value is -1.80. The van der Waals surface area contributed by atoms with Gasteiger partial charge in [-0.25, -0.2) is 4.99 Å². The zero-order valence-electron chi connectivity index (χ0n) is 16.5. The third-order valence-corrected chi connectivity index (χ3v) is 4.80. The summed E-state index contributed by atoms with van der Waals surface area (Å²) < 4.78 is 0. The summed E-state index contributed by atoms with van der Waals surface area (Å²) in [6.45, 7) is 6.69. The molecular weight excluding hydrogens is 463 g/mol. The number of phenolic OH excluding ortho intramolecular Hbond substituents is 1. The van der Waals surface area contributed by atoms with Gasteiger partial charge in [0, 0.05) is 25.7 Å². The Morgan fingerprint density at radius 3 is 2.57 bits per heavy atom. The van der Waals surface area contributed by atoms with E-state index >= 15 is 0 Å². The number of halogens is 1. The summed E-state index contributed by atoms with van der Waals surface area (Å²) in [4.78, 5) is 7.22. The molecule has 0 bridgehead atoms. The molecule has 1 fully saturated rings. The molecule has 28 heavy (non-hydrogen) atoms. The van der Waals surface area contributed by atoms with Crippen molar-refractivity contribution in [2.24, 2.45) is 4.99 Å². The predicted octanol–water partition coefficient (Wildman–Crippen LogP) is 3.73. The molecule has 1 saturated heterocycles. The second kappa shape index (κ2) is 11.9. The molecule has 1 aliphatic heterocycles. The van der Waals surface area contributed by atoms with Crippen LogP contribution in [0.4, 0.5) is 0 Å². The highest BCUT2D eigenvalue weighted by molar-refractivity contribution is 14.0. The summed E-state index contributed by atoms with van der Waals surface area (Å²) in [5.41, 5.74) is 2.45. The Bertz CT molecular complexity index is 721. The lowest BCUT2D eigenvalue weighted by Crippen LogP contribution is -2.50. The Morgan fingerprint density at radius 1 is 1.11 bits per heavy atom. The molecule has 0 amide bonds. The van der Waals surface area contributed by atoms with Gasteiger partial charge in [0.15, 0.2) is 5.96 Å². The summed E-state index contributed by atoms with van der Waals surface area (Å²) in [5, 5.41) is 16.3. The van der Waals surface area contributed by atoms with Crippen LogP contribution in [-0.2, 0) is 13.1 Å². The molecule has 1 aliphatic rings. The second-order valence-corrected chi connectivity index (χ2v) is 7.07. The first-order valence-corrected chi connectivity index (χ1v) is 9.82. The molecule has 3 rings (SSSR count). The van der Waals surface area contributed by atoms with Crippen LogP contribution in [0.1, 0.15) is 30.9 Å². The van der Waals surface area contributed by atoms with Crippen molar-refractivity contribution in [2.45, 2.75) is 38.9 Å². The van der Waals surface area contributed by atoms with Crippen molar-refractivity contribution in [2.75, 3.05) is 19.6 Å². The number of hydrogen-bond donors (Lipinski definition) is 3. The minimum atomic E-state index is 0. The van der Waals surface area contributed by atoms with E-state index in [0.717, 1.165) is 44.1 Å². The minimum Gasteiger partial charge on any atom is -0.508 e. The molecule has 5 nitrogen and oxygen atoms in total. The molecule has 0 saturated carbocycles. The number of nitrogens with zero attached hydrogens (tertiary/aromatic N) is 2. The fourth-order valence-corrected chi connectivity index (χ4v) is 3.44. The fourth-order valence-electron chi connectivity index (χ4n) is 3.44. The number of piperidine rings is 1. The van der Waals surface area contributed by atoms with E-state index in [2.05, 4.69) is 52.8 Å². The molecule has 0 aliphatic carbocycles. The van der Waals surface area contributed by atoms with Gasteiger partial charge in [0.1, 0.15) is 5.75 Å². The lowest BCUT2D eigenvalue weighted by molar-refractivity contribution is 0.192. The van der Waals surface area contributed by atoms with Crippen molar-refractivity contribution in [3.63, 3.8) is 0 Å². The molecule has 0 aromatic heterocycles. The number of aliphatic imine (C=N–C) groups is 1. The third-order valence-electron chi connectivity index (χ3n) is 4.80. The lowest BCUT2D eigenvalue weighted by atomic mass is 10.0. The van der Waals surface area contributed by atoms with Crippen LogP contribution in [0.15, 0.2) is 59.6 Å². The second-order valence-electron chi connectivity index (χ2n) is 7.07. The van der Waals surface area contributed by atoms with Crippen molar-refractivity contribution in [3.8, 4) is 5.75 Å². The number of aromatic hydroxyl groups is 1. The highest BCUT2D eigenvalue weighted by Crippen LogP contribution is 2.14. The van der Waals surface area contributed by atoms with Crippen LogP contribution in [-0.4, -0.2) is 41.6 Å². The van der Waals surface area contributed by atoms with Gasteiger partial charge in [0.25, 0.3) is 0 Å². The average Bonchev–Trinajstić information content (AvgIpc) is 2.69. The van der Waals surface area contributed by atoms with E-state index in [0.29, 0.717) is 12.6 Å². The van der Waals surface area contributed by atoms with E-state index < -0.39 is 0 Å². The van der Waals surface area contributed by atoms with Crippen molar-refractivity contribution >= 4 is 29.9 Å². The third kappa shape index (κ3) is 7.31. The van der Waals surface area contributed by atoms with Crippen LogP contribution in [0, 0.1) is 0 Å². The molecular formula is C22H31IN4O. The zero-order chi connectivity index (χ0) is 18.9. The first kappa shape index (κ1) is 22.5. The molecule has 152 valence electrons. The number of benzene rings is 2. The molecule has 2 aromatic carbocycles. The number of likely N-dealkylation sites (tertiary alicyclic amines) is 1. The first-order chi connectivity index (χ1) is 13.2. The Balaban J connectivity index is 0.00000280. The van der Waals surface area contributed by atoms with Crippen molar-refractivity contribution in [1.29, 1.82) is 0 Å². The number of nitrogens with one attached hydrogen (secondary N) is 2. The molecule has 1 atom stereocenters. The van der Waals surface area contributed by atoms with Crippen molar-refractivity contribution < 1.29 is 5.11 Å². The maximum absolute atomic E-state index is 9.40. The smallest absolute Gasteiger partial charge is 0.191 e. The van der Waals surface area contributed by atoms with Crippen molar-refractivity contribution in [1.82, 2.24) is 15.5 Å². The molecule has 1 unspecified atom stereocenters. The van der Waals surface area contributed by atoms with Gasteiger partial charge >= 0.3 is 0 Å². The first-order valence-electron chi connectivity index (χ1n) is 9.82. The van der Waals surface area contributed by atoms with E-state index in [1.807, 2.05) is 12.1 Å². The fraction of sp³-hybridized carbons (Fsp3) is 0.409. The Kier molecular flexibility index (Phi) is 9.57. The summed E-state index contributed by atoms with van der Waals surface area (Å²) in [6, 6.07) is 18.3. The summed E-state index contributed by atoms with van der Waals surface area (Å²) in [5.74, 6) is 1.14. The van der Waals surface area contributed by atoms with Crippen LogP contribution < -0.4 is 10.6 Å². The normalized spacial score (nSPS) is 17.6. The monoisotopic (exact) mass is 494 g/mol. The maximum Gasteiger partial charge on any atom is 0.191 e. The number of guanidine groups is 1. The SMILES string of the molecule is CCNC(=NCc1ccc(O)cc1)NC1CCCN(Cc2ccccc2)C1.I. The highest BCUT2D eigenvalue weighted by Gasteiger charge is 2.20. The molecule has 6 heteroatoms. The standard InChI is InChI=1S/C22H30N4O.HI/c1-2-23-22(24-15-18-10-12-21(27)13-11-18)25-20-9-6-14-26(17-20)16-19-7-4-3-5-8-19;/h3-5,7-8,10-13,20,27H,2,6,9,14-17H2,1H3,(H2,23,24,25);1H. The van der Waals surface area contributed by atoms with Crippen LogP contribution in [0.25, 0.3) is 0 Å². The van der Waals surface area contributed by atoms with Gasteiger partial charge in [0.05, 0.1) is 6.54 Å². The number of rotatable bonds is 6. The van der Waals surface area contributed by atoms with Gasteiger partial charge < -0.3 is 15.7 Å². The van der Waals surface area contributed by atoms with Gasteiger partial charge in [-0.05, 0) is 49.6 Å². The van der Waals surface area contributed by atoms with E-state index in [1.165, 1.54) is 12.0 Å². The topological polar surface area (TPSA) is 59.9 Å². The van der Waals surface area contributed by atoms with Gasteiger partial charge in [-0.3, -0.25) is 4.90 Å². The van der Waals surface area contributed by atoms with Gasteiger partial charge in [-0.2, -0.15) is 0 Å². The van der Waals surface area contributed by atoms with Gasteiger partial charge in [-0.1, -0.05) is 42.5 Å². The number of hydrogen-bond acceptors (Lipinski definition) is 3. The van der Waals surface area contributed by atoms with E-state index in [1.54, 1.807) is 12.1 Å². The molecule has 2 aromatic rings. The van der Waals surface area contributed by atoms with E-state index in [-0.39, 0.29) is 29.7 Å². The largest absolute Gasteiger partial charge is 0.508 e. The lowest BCUT2D eigenvalue weighted by Gasteiger charge is -2.34. The van der Waals surface area contributed by atoms with Crippen LogP contribution >= 0.6 is 24.0 Å². The van der Waals surface area contributed by atoms with Gasteiger partial charge in [-0.15, -0.1) is 24.0 Å². The molecule has 3 N–H and O–H groups in total. The molecule has 0 spiro atoms. The van der Waals surface area contributed by atoms with E-state index in [9.17, 15) is 5.11 Å². The minimum absolute atomic E-state index is 0. The van der Waals surface area contributed by atoms with E-state index in [4.69, 9.17) is 4.99 Å². The molecule has 0 radical (unpaired) electrons. The summed E-state index contributed by atoms with van der Waals surface area (Å²) in [7, 11) is 0. The quantitative estimate of drug-likeness (QED) is 0.326. The van der Waals surface area contributed by atoms with Gasteiger partial charge in [0.2, 0.25) is 0 Å². The zero-order valence-corrected chi connectivity index (χ0v) is 18.8. The Labute approximate surface area is 185 Å². The number of phenols is 1. The van der Waals surface area contributed by atoms with Crippen molar-refractivity contribution in [3.05, 3.63) is 65.7 Å². The Morgan fingerprint density at radius 2 is 1.86 bits per heavy atom. The average molecular weight is 494 g/mol. The van der Waals surface area contributed by atoms with Crippen LogP contribution in [0.2, 0.25) is 0 Å². The van der Waals surface area contributed by atoms with Crippen LogP contribution in [0.3, 0.4) is 0 Å². The van der Waals surface area contributed by atoms with Crippen LogP contribution in [0.5, 0.6) is 5.75 Å². The maximum atomic E-state index is 9.40. The highest BCUT2D eigenvalue weighted by atomic mass is 127. The molecule has 1 heterocycles. The predicted molar refractivity (Wildman–Crippen MR) is 126 cm³/mol.